The van der Waals surface area contributed by atoms with E-state index in [9.17, 15) is 0 Å². The number of hydrogen-bond acceptors (Lipinski definition) is 0. The lowest BCUT2D eigenvalue weighted by atomic mass is 9.42. The fourth-order valence-electron chi connectivity index (χ4n) is 5.95. The average Bonchev–Trinajstić information content (AvgIpc) is 2.27. The molecule has 2 nitrogen and oxygen atoms in total. The minimum absolute atomic E-state index is 0.623. The molecule has 0 aromatic rings. The molecule has 0 amide bonds. The van der Waals surface area contributed by atoms with Gasteiger partial charge in [0, 0.05) is 10.8 Å². The first-order valence-electron chi connectivity index (χ1n) is 7.74. The third kappa shape index (κ3) is 1.76. The van der Waals surface area contributed by atoms with Gasteiger partial charge in [0.05, 0.1) is 12.6 Å². The van der Waals surface area contributed by atoms with E-state index in [1.807, 2.05) is 0 Å². The van der Waals surface area contributed by atoms with Gasteiger partial charge in [-0.25, -0.2) is 0 Å². The third-order valence-corrected chi connectivity index (χ3v) is 6.26. The topological polar surface area (TPSA) is 55.3 Å². The van der Waals surface area contributed by atoms with Crippen LogP contribution in [0.1, 0.15) is 58.3 Å². The summed E-state index contributed by atoms with van der Waals surface area (Å²) in [5.74, 6) is 2.05. The molecule has 17 heavy (non-hydrogen) atoms. The Morgan fingerprint density at radius 3 is 2.35 bits per heavy atom. The van der Waals surface area contributed by atoms with Crippen LogP contribution in [0.15, 0.2) is 0 Å². The molecular formula is C15H30N2+2. The Bertz CT molecular complexity index is 285. The Morgan fingerprint density at radius 2 is 1.82 bits per heavy atom. The van der Waals surface area contributed by atoms with Gasteiger partial charge in [-0.15, -0.1) is 0 Å². The van der Waals surface area contributed by atoms with E-state index in [4.69, 9.17) is 0 Å². The van der Waals surface area contributed by atoms with Crippen LogP contribution < -0.4 is 11.5 Å². The van der Waals surface area contributed by atoms with Gasteiger partial charge < -0.3 is 11.5 Å². The molecule has 6 N–H and O–H groups in total. The predicted molar refractivity (Wildman–Crippen MR) is 68.9 cm³/mol. The van der Waals surface area contributed by atoms with Gasteiger partial charge in [-0.1, -0.05) is 13.3 Å². The second-order valence-electron chi connectivity index (χ2n) is 7.56. The number of rotatable bonds is 4. The molecule has 0 aromatic carbocycles. The van der Waals surface area contributed by atoms with Crippen LogP contribution in [-0.2, 0) is 0 Å². The van der Waals surface area contributed by atoms with Crippen LogP contribution in [0.4, 0.5) is 0 Å². The Labute approximate surface area is 106 Å². The molecule has 98 valence electrons. The summed E-state index contributed by atoms with van der Waals surface area (Å²) in [5.41, 5.74) is 10.1. The minimum atomic E-state index is 0.623. The van der Waals surface area contributed by atoms with Crippen molar-refractivity contribution >= 4 is 0 Å². The van der Waals surface area contributed by atoms with Gasteiger partial charge in [-0.2, -0.15) is 0 Å². The summed E-state index contributed by atoms with van der Waals surface area (Å²) in [6.07, 6.45) is 11.6. The smallest absolute Gasteiger partial charge is 0.0900 e. The molecule has 2 heteroatoms. The molecule has 5 atom stereocenters. The molecule has 0 radical (unpaired) electrons. The van der Waals surface area contributed by atoms with E-state index in [0.717, 1.165) is 11.8 Å². The molecule has 4 fully saturated rings. The first kappa shape index (κ1) is 12.0. The second-order valence-corrected chi connectivity index (χ2v) is 7.56. The first-order valence-corrected chi connectivity index (χ1v) is 7.74. The van der Waals surface area contributed by atoms with Crippen LogP contribution in [0.25, 0.3) is 0 Å². The third-order valence-electron chi connectivity index (χ3n) is 6.26. The maximum absolute atomic E-state index is 4.56. The van der Waals surface area contributed by atoms with Gasteiger partial charge in [0.15, 0.2) is 0 Å². The van der Waals surface area contributed by atoms with Crippen LogP contribution in [0, 0.1) is 22.7 Å². The van der Waals surface area contributed by atoms with Crippen LogP contribution >= 0.6 is 0 Å². The number of quaternary nitrogens is 2. The van der Waals surface area contributed by atoms with Crippen LogP contribution in [0.3, 0.4) is 0 Å². The monoisotopic (exact) mass is 238 g/mol. The van der Waals surface area contributed by atoms with Crippen molar-refractivity contribution in [2.24, 2.45) is 22.7 Å². The van der Waals surface area contributed by atoms with Gasteiger partial charge in [0.25, 0.3) is 0 Å². The van der Waals surface area contributed by atoms with Gasteiger partial charge in [-0.3, -0.25) is 0 Å². The molecule has 4 rings (SSSR count). The highest BCUT2D eigenvalue weighted by Gasteiger charge is 2.60. The lowest BCUT2D eigenvalue weighted by Gasteiger charge is -2.62. The van der Waals surface area contributed by atoms with Crippen molar-refractivity contribution in [2.75, 3.05) is 6.54 Å². The lowest BCUT2D eigenvalue weighted by Crippen LogP contribution is -2.74. The van der Waals surface area contributed by atoms with Crippen molar-refractivity contribution < 1.29 is 11.5 Å². The summed E-state index contributed by atoms with van der Waals surface area (Å²) < 4.78 is 0. The molecule has 0 aliphatic heterocycles. The van der Waals surface area contributed by atoms with Crippen molar-refractivity contribution in [1.82, 2.24) is 0 Å². The largest absolute Gasteiger partial charge is 0.357 e. The lowest BCUT2D eigenvalue weighted by molar-refractivity contribution is -0.468. The molecule has 0 aromatic heterocycles. The van der Waals surface area contributed by atoms with E-state index in [1.54, 1.807) is 0 Å². The van der Waals surface area contributed by atoms with Gasteiger partial charge in [-0.05, 0) is 56.8 Å². The molecule has 0 heterocycles. The van der Waals surface area contributed by atoms with E-state index < -0.39 is 0 Å². The molecule has 4 bridgehead atoms. The number of hydrogen-bond donors (Lipinski definition) is 2. The van der Waals surface area contributed by atoms with Crippen LogP contribution in [-0.4, -0.2) is 12.6 Å². The standard InChI is InChI=1S/C15H28N2/c1-2-3-13(17)15-7-11-4-12(8-15)6-14(5-11,9-15)10-16/h11-13H,2-10,16-17H2,1H3/p+2/t11-,12+,13-,14?,15?/m1/s1. The average molecular weight is 238 g/mol. The zero-order valence-corrected chi connectivity index (χ0v) is 11.5. The molecule has 4 aliphatic rings. The van der Waals surface area contributed by atoms with Crippen molar-refractivity contribution in [3.8, 4) is 0 Å². The van der Waals surface area contributed by atoms with Crippen molar-refractivity contribution in [3.05, 3.63) is 0 Å². The van der Waals surface area contributed by atoms with Crippen molar-refractivity contribution in [3.63, 3.8) is 0 Å². The minimum Gasteiger partial charge on any atom is -0.357 e. The van der Waals surface area contributed by atoms with E-state index in [0.29, 0.717) is 16.9 Å². The zero-order chi connectivity index (χ0) is 12.1. The molecular weight excluding hydrogens is 208 g/mol. The highest BCUT2D eigenvalue weighted by molar-refractivity contribution is 5.09. The van der Waals surface area contributed by atoms with Gasteiger partial charge in [0.2, 0.25) is 0 Å². The fraction of sp³-hybridized carbons (Fsp3) is 1.00. The Balaban J connectivity index is 1.87. The van der Waals surface area contributed by atoms with E-state index in [-0.39, 0.29) is 0 Å². The molecule has 4 saturated carbocycles. The van der Waals surface area contributed by atoms with Crippen molar-refractivity contribution in [1.29, 1.82) is 0 Å². The summed E-state index contributed by atoms with van der Waals surface area (Å²) in [6, 6.07) is 0.712. The Morgan fingerprint density at radius 1 is 1.18 bits per heavy atom. The quantitative estimate of drug-likeness (QED) is 0.740. The maximum atomic E-state index is 4.56. The Hall–Kier alpha value is -0.0800. The van der Waals surface area contributed by atoms with Crippen LogP contribution in [0.5, 0.6) is 0 Å². The SMILES string of the molecule is CCC[C@@H]([NH3+])C12C[C@@H]3C[C@@H](CC(C[NH3+])(C3)C1)C2. The summed E-state index contributed by atoms with van der Waals surface area (Å²) >= 11 is 0. The summed E-state index contributed by atoms with van der Waals surface area (Å²) in [6.45, 7) is 3.50. The first-order chi connectivity index (χ1) is 8.11. The van der Waals surface area contributed by atoms with E-state index in [2.05, 4.69) is 18.4 Å². The van der Waals surface area contributed by atoms with Crippen molar-refractivity contribution in [2.45, 2.75) is 64.3 Å². The van der Waals surface area contributed by atoms with E-state index >= 15 is 0 Å². The zero-order valence-electron chi connectivity index (χ0n) is 11.5. The summed E-state index contributed by atoms with van der Waals surface area (Å²) in [7, 11) is 0. The fourth-order valence-corrected chi connectivity index (χ4v) is 5.95. The summed E-state index contributed by atoms with van der Waals surface area (Å²) in [4.78, 5) is 0. The van der Waals surface area contributed by atoms with Gasteiger partial charge >= 0.3 is 0 Å². The normalized spacial score (nSPS) is 49.6. The highest BCUT2D eigenvalue weighted by atomic mass is 14.8. The maximum Gasteiger partial charge on any atom is 0.0900 e. The second kappa shape index (κ2) is 3.96. The van der Waals surface area contributed by atoms with Crippen LogP contribution in [0.2, 0.25) is 0 Å². The highest BCUT2D eigenvalue weighted by Crippen LogP contribution is 2.65. The van der Waals surface area contributed by atoms with E-state index in [1.165, 1.54) is 57.9 Å². The summed E-state index contributed by atoms with van der Waals surface area (Å²) in [5, 5.41) is 0. The molecule has 4 aliphatic carbocycles. The van der Waals surface area contributed by atoms with Gasteiger partial charge in [0.1, 0.15) is 0 Å². The molecule has 0 saturated heterocycles. The predicted octanol–water partition coefficient (Wildman–Crippen LogP) is 1.23. The Kier molecular flexibility index (Phi) is 2.79. The molecule has 2 unspecified atom stereocenters. The molecule has 0 spiro atoms.